The number of carbonyl (C=O) groups is 2. The summed E-state index contributed by atoms with van der Waals surface area (Å²) in [5, 5.41) is 5.92. The first-order chi connectivity index (χ1) is 10.6. The summed E-state index contributed by atoms with van der Waals surface area (Å²) in [6.07, 6.45) is 8.01. The van der Waals surface area contributed by atoms with E-state index in [1.165, 1.54) is 12.6 Å². The van der Waals surface area contributed by atoms with Crippen LogP contribution in [0.1, 0.15) is 73.2 Å². The lowest BCUT2D eigenvalue weighted by Crippen LogP contribution is -2.37. The van der Waals surface area contributed by atoms with Crippen molar-refractivity contribution >= 4 is 11.8 Å². The monoisotopic (exact) mass is 303 g/mol. The maximum absolute atomic E-state index is 12.3. The van der Waals surface area contributed by atoms with Gasteiger partial charge in [0.1, 0.15) is 5.69 Å². The van der Waals surface area contributed by atoms with Crippen molar-refractivity contribution < 1.29 is 9.59 Å². The van der Waals surface area contributed by atoms with Crippen molar-refractivity contribution in [1.29, 1.82) is 0 Å². The molecule has 2 N–H and O–H groups in total. The fraction of sp³-hybridized carbons (Fsp3) is 0.588. The quantitative estimate of drug-likeness (QED) is 0.878. The van der Waals surface area contributed by atoms with E-state index in [0.29, 0.717) is 11.3 Å². The molecule has 0 aromatic carbocycles. The molecular weight excluding hydrogens is 278 g/mol. The number of hydrogen-bond donors (Lipinski definition) is 2. The smallest absolute Gasteiger partial charge is 0.270 e. The van der Waals surface area contributed by atoms with Gasteiger partial charge < -0.3 is 10.6 Å². The van der Waals surface area contributed by atoms with Crippen LogP contribution in [0.15, 0.2) is 18.3 Å². The molecule has 0 saturated heterocycles. The molecule has 0 spiro atoms. The highest BCUT2D eigenvalue weighted by molar-refractivity contribution is 5.98. The van der Waals surface area contributed by atoms with E-state index in [-0.39, 0.29) is 23.9 Å². The zero-order valence-corrected chi connectivity index (χ0v) is 13.4. The topological polar surface area (TPSA) is 71.1 Å². The summed E-state index contributed by atoms with van der Waals surface area (Å²) < 4.78 is 0. The lowest BCUT2D eigenvalue weighted by Gasteiger charge is -2.22. The minimum Gasteiger partial charge on any atom is -0.350 e. The molecule has 22 heavy (non-hydrogen) atoms. The van der Waals surface area contributed by atoms with Gasteiger partial charge in [-0.15, -0.1) is 0 Å². The summed E-state index contributed by atoms with van der Waals surface area (Å²) >= 11 is 0. The van der Waals surface area contributed by atoms with Crippen molar-refractivity contribution in [2.24, 2.45) is 0 Å². The third kappa shape index (κ3) is 4.55. The van der Waals surface area contributed by atoms with Gasteiger partial charge in [0.15, 0.2) is 0 Å². The Morgan fingerprint density at radius 1 is 1.27 bits per heavy atom. The Morgan fingerprint density at radius 2 is 2.00 bits per heavy atom. The predicted molar refractivity (Wildman–Crippen MR) is 85.8 cm³/mol. The Bertz CT molecular complexity index is 524. The minimum absolute atomic E-state index is 0.111. The van der Waals surface area contributed by atoms with E-state index < -0.39 is 0 Å². The van der Waals surface area contributed by atoms with Crippen molar-refractivity contribution in [3.05, 3.63) is 29.6 Å². The van der Waals surface area contributed by atoms with Gasteiger partial charge >= 0.3 is 0 Å². The molecule has 1 atom stereocenters. The normalized spacial score (nSPS) is 16.8. The zero-order chi connectivity index (χ0) is 15.9. The van der Waals surface area contributed by atoms with Crippen molar-refractivity contribution in [2.75, 3.05) is 0 Å². The summed E-state index contributed by atoms with van der Waals surface area (Å²) in [6.45, 7) is 3.97. The first-order valence-corrected chi connectivity index (χ1v) is 8.18. The maximum Gasteiger partial charge on any atom is 0.270 e. The molecule has 0 bridgehead atoms. The van der Waals surface area contributed by atoms with E-state index in [2.05, 4.69) is 15.6 Å². The minimum atomic E-state index is -0.190. The second-order valence-electron chi connectivity index (χ2n) is 6.02. The van der Waals surface area contributed by atoms with E-state index in [9.17, 15) is 9.59 Å². The van der Waals surface area contributed by atoms with Crippen LogP contribution < -0.4 is 10.6 Å². The van der Waals surface area contributed by atoms with E-state index in [4.69, 9.17) is 0 Å². The first kappa shape index (κ1) is 16.5. The van der Waals surface area contributed by atoms with Crippen LogP contribution in [0.4, 0.5) is 0 Å². The summed E-state index contributed by atoms with van der Waals surface area (Å²) in [7, 11) is 0. The third-order valence-electron chi connectivity index (χ3n) is 4.19. The predicted octanol–water partition coefficient (Wildman–Crippen LogP) is 2.67. The SMILES string of the molecule is CCC(C)NC(=O)c1ccnc(C(=O)NC2CCCCC2)c1. The Kier molecular flexibility index (Phi) is 5.92. The van der Waals surface area contributed by atoms with Gasteiger partial charge in [0.05, 0.1) is 0 Å². The highest BCUT2D eigenvalue weighted by Crippen LogP contribution is 2.17. The van der Waals surface area contributed by atoms with Gasteiger partial charge in [-0.2, -0.15) is 0 Å². The molecule has 5 heteroatoms. The Hall–Kier alpha value is -1.91. The van der Waals surface area contributed by atoms with Crippen molar-refractivity contribution in [1.82, 2.24) is 15.6 Å². The number of hydrogen-bond acceptors (Lipinski definition) is 3. The Morgan fingerprint density at radius 3 is 2.68 bits per heavy atom. The molecule has 1 saturated carbocycles. The largest absolute Gasteiger partial charge is 0.350 e. The standard InChI is InChI=1S/C17H25N3O2/c1-3-12(2)19-16(21)13-9-10-18-15(11-13)17(22)20-14-7-5-4-6-8-14/h9-12,14H,3-8H2,1-2H3,(H,19,21)(H,20,22). The average molecular weight is 303 g/mol. The molecule has 1 aliphatic rings. The molecule has 5 nitrogen and oxygen atoms in total. The number of rotatable bonds is 5. The molecule has 1 aromatic rings. The maximum atomic E-state index is 12.3. The molecule has 1 aromatic heterocycles. The molecule has 1 unspecified atom stereocenters. The molecular formula is C17H25N3O2. The number of amides is 2. The van der Waals surface area contributed by atoms with E-state index >= 15 is 0 Å². The van der Waals surface area contributed by atoms with Crippen LogP contribution in [0.3, 0.4) is 0 Å². The van der Waals surface area contributed by atoms with Crippen LogP contribution >= 0.6 is 0 Å². The van der Waals surface area contributed by atoms with E-state index in [1.807, 2.05) is 13.8 Å². The van der Waals surface area contributed by atoms with Crippen LogP contribution in [0.5, 0.6) is 0 Å². The molecule has 2 rings (SSSR count). The first-order valence-electron chi connectivity index (χ1n) is 8.18. The van der Waals surface area contributed by atoms with Gasteiger partial charge in [0.25, 0.3) is 11.8 Å². The van der Waals surface area contributed by atoms with Gasteiger partial charge in [-0.3, -0.25) is 14.6 Å². The van der Waals surface area contributed by atoms with Crippen LogP contribution in [-0.2, 0) is 0 Å². The van der Waals surface area contributed by atoms with Gasteiger partial charge in [-0.1, -0.05) is 26.2 Å². The second kappa shape index (κ2) is 7.92. The molecule has 1 fully saturated rings. The lowest BCUT2D eigenvalue weighted by atomic mass is 9.95. The number of pyridine rings is 1. The van der Waals surface area contributed by atoms with Gasteiger partial charge in [0, 0.05) is 23.8 Å². The Labute approximate surface area is 131 Å². The molecule has 0 radical (unpaired) electrons. The summed E-state index contributed by atoms with van der Waals surface area (Å²) in [4.78, 5) is 28.5. The zero-order valence-electron chi connectivity index (χ0n) is 13.4. The van der Waals surface area contributed by atoms with Crippen LogP contribution in [0.25, 0.3) is 0 Å². The highest BCUT2D eigenvalue weighted by Gasteiger charge is 2.18. The van der Waals surface area contributed by atoms with Gasteiger partial charge in [0.2, 0.25) is 0 Å². The van der Waals surface area contributed by atoms with Crippen molar-refractivity contribution in [3.8, 4) is 0 Å². The van der Waals surface area contributed by atoms with E-state index in [1.54, 1.807) is 12.1 Å². The van der Waals surface area contributed by atoms with Crippen LogP contribution in [0.2, 0.25) is 0 Å². The number of nitrogens with zero attached hydrogens (tertiary/aromatic N) is 1. The summed E-state index contributed by atoms with van der Waals surface area (Å²) in [5.74, 6) is -0.353. The average Bonchev–Trinajstić information content (AvgIpc) is 2.55. The molecule has 120 valence electrons. The molecule has 1 aliphatic carbocycles. The molecule has 0 aliphatic heterocycles. The fourth-order valence-corrected chi connectivity index (χ4v) is 2.61. The lowest BCUT2D eigenvalue weighted by molar-refractivity contribution is 0.0922. The third-order valence-corrected chi connectivity index (χ3v) is 4.19. The fourth-order valence-electron chi connectivity index (χ4n) is 2.61. The van der Waals surface area contributed by atoms with Gasteiger partial charge in [-0.25, -0.2) is 0 Å². The van der Waals surface area contributed by atoms with E-state index in [0.717, 1.165) is 32.1 Å². The highest BCUT2D eigenvalue weighted by atomic mass is 16.2. The number of aromatic nitrogens is 1. The van der Waals surface area contributed by atoms with Crippen molar-refractivity contribution in [3.63, 3.8) is 0 Å². The van der Waals surface area contributed by atoms with Crippen LogP contribution in [-0.4, -0.2) is 28.9 Å². The van der Waals surface area contributed by atoms with Crippen molar-refractivity contribution in [2.45, 2.75) is 64.5 Å². The Balaban J connectivity index is 2.00. The summed E-state index contributed by atoms with van der Waals surface area (Å²) in [5.41, 5.74) is 0.784. The number of carbonyl (C=O) groups excluding carboxylic acids is 2. The number of nitrogens with one attached hydrogen (secondary N) is 2. The second-order valence-corrected chi connectivity index (χ2v) is 6.02. The van der Waals surface area contributed by atoms with Crippen LogP contribution in [0, 0.1) is 0 Å². The summed E-state index contributed by atoms with van der Waals surface area (Å²) in [6, 6.07) is 3.55. The molecule has 1 heterocycles. The van der Waals surface area contributed by atoms with Gasteiger partial charge in [-0.05, 0) is 38.3 Å². The molecule has 2 amide bonds.